The highest BCUT2D eigenvalue weighted by molar-refractivity contribution is 7.22. The van der Waals surface area contributed by atoms with E-state index in [2.05, 4.69) is 10.3 Å². The molecular formula is C13H17N3OS. The lowest BCUT2D eigenvalue weighted by atomic mass is 10.2. The van der Waals surface area contributed by atoms with Gasteiger partial charge in [-0.15, -0.1) is 0 Å². The summed E-state index contributed by atoms with van der Waals surface area (Å²) < 4.78 is 6.61. The number of nitrogens with one attached hydrogen (secondary N) is 1. The van der Waals surface area contributed by atoms with E-state index in [0.717, 1.165) is 33.9 Å². The summed E-state index contributed by atoms with van der Waals surface area (Å²) in [7, 11) is 1.78. The van der Waals surface area contributed by atoms with Gasteiger partial charge >= 0.3 is 0 Å². The fraction of sp³-hybridized carbons (Fsp3) is 0.462. The maximum absolute atomic E-state index is 5.78. The Kier molecular flexibility index (Phi) is 3.09. The fourth-order valence-electron chi connectivity index (χ4n) is 2.53. The summed E-state index contributed by atoms with van der Waals surface area (Å²) in [6.45, 7) is 0. The van der Waals surface area contributed by atoms with Crippen LogP contribution in [0.3, 0.4) is 0 Å². The Bertz CT molecular complexity index is 554. The molecule has 1 saturated carbocycles. The van der Waals surface area contributed by atoms with Crippen molar-refractivity contribution in [1.29, 1.82) is 0 Å². The maximum atomic E-state index is 5.78. The highest BCUT2D eigenvalue weighted by atomic mass is 32.1. The number of hydrogen-bond acceptors (Lipinski definition) is 5. The summed E-state index contributed by atoms with van der Waals surface area (Å²) in [5.74, 6) is 0. The molecule has 18 heavy (non-hydrogen) atoms. The predicted molar refractivity (Wildman–Crippen MR) is 76.1 cm³/mol. The Labute approximate surface area is 110 Å². The van der Waals surface area contributed by atoms with Crippen LogP contribution >= 0.6 is 11.3 Å². The second-order valence-corrected chi connectivity index (χ2v) is 5.73. The highest BCUT2D eigenvalue weighted by Gasteiger charge is 2.27. The number of rotatable bonds is 3. The standard InChI is InChI=1S/C13H17N3OS/c1-17-11-4-2-3-9(11)15-13-16-10-6-5-8(14)7-12(10)18-13/h5-7,9,11H,2-4,14H2,1H3,(H,15,16). The average Bonchev–Trinajstić information content (AvgIpc) is 2.94. The van der Waals surface area contributed by atoms with Crippen LogP contribution in [0.5, 0.6) is 0 Å². The third-order valence-corrected chi connectivity index (χ3v) is 4.43. The molecule has 0 bridgehead atoms. The summed E-state index contributed by atoms with van der Waals surface area (Å²) in [4.78, 5) is 4.58. The van der Waals surface area contributed by atoms with Gasteiger partial charge in [0.1, 0.15) is 0 Å². The van der Waals surface area contributed by atoms with Crippen LogP contribution in [-0.4, -0.2) is 24.2 Å². The summed E-state index contributed by atoms with van der Waals surface area (Å²) >= 11 is 1.65. The molecule has 4 nitrogen and oxygen atoms in total. The van der Waals surface area contributed by atoms with Crippen LogP contribution in [0.4, 0.5) is 10.8 Å². The van der Waals surface area contributed by atoms with E-state index in [1.54, 1.807) is 18.4 Å². The van der Waals surface area contributed by atoms with E-state index in [1.165, 1.54) is 6.42 Å². The molecule has 0 saturated heterocycles. The number of fused-ring (bicyclic) bond motifs is 1. The van der Waals surface area contributed by atoms with Crippen LogP contribution in [0.15, 0.2) is 18.2 Å². The van der Waals surface area contributed by atoms with Crippen molar-refractivity contribution in [1.82, 2.24) is 4.98 Å². The molecule has 0 spiro atoms. The molecule has 1 aromatic heterocycles. The maximum Gasteiger partial charge on any atom is 0.184 e. The first kappa shape index (κ1) is 11.7. The molecule has 2 aromatic rings. The number of anilines is 2. The number of nitrogens with two attached hydrogens (primary N) is 1. The van der Waals surface area contributed by atoms with Gasteiger partial charge in [0.2, 0.25) is 0 Å². The Hall–Kier alpha value is -1.33. The lowest BCUT2D eigenvalue weighted by Crippen LogP contribution is -2.29. The summed E-state index contributed by atoms with van der Waals surface area (Å²) in [5, 5.41) is 4.45. The number of thiazole rings is 1. The zero-order valence-corrected chi connectivity index (χ0v) is 11.2. The summed E-state index contributed by atoms with van der Waals surface area (Å²) in [6.07, 6.45) is 3.80. The van der Waals surface area contributed by atoms with E-state index < -0.39 is 0 Å². The van der Waals surface area contributed by atoms with Crippen molar-refractivity contribution in [3.8, 4) is 0 Å². The third-order valence-electron chi connectivity index (χ3n) is 3.48. The molecule has 3 N–H and O–H groups in total. The lowest BCUT2D eigenvalue weighted by molar-refractivity contribution is 0.101. The zero-order chi connectivity index (χ0) is 12.5. The highest BCUT2D eigenvalue weighted by Crippen LogP contribution is 2.31. The molecule has 1 fully saturated rings. The van der Waals surface area contributed by atoms with Crippen molar-refractivity contribution in [2.45, 2.75) is 31.4 Å². The first-order chi connectivity index (χ1) is 8.76. The van der Waals surface area contributed by atoms with Gasteiger partial charge in [-0.25, -0.2) is 4.98 Å². The van der Waals surface area contributed by atoms with E-state index in [0.29, 0.717) is 12.1 Å². The van der Waals surface area contributed by atoms with Crippen molar-refractivity contribution in [3.05, 3.63) is 18.2 Å². The molecule has 1 aliphatic rings. The molecule has 0 amide bonds. The molecule has 96 valence electrons. The molecule has 2 unspecified atom stereocenters. The van der Waals surface area contributed by atoms with Crippen molar-refractivity contribution < 1.29 is 4.74 Å². The van der Waals surface area contributed by atoms with Gasteiger partial charge in [-0.3, -0.25) is 0 Å². The minimum Gasteiger partial charge on any atom is -0.399 e. The van der Waals surface area contributed by atoms with E-state index in [4.69, 9.17) is 10.5 Å². The first-order valence-electron chi connectivity index (χ1n) is 6.21. The van der Waals surface area contributed by atoms with Gasteiger partial charge < -0.3 is 15.8 Å². The molecule has 1 heterocycles. The molecule has 0 aliphatic heterocycles. The summed E-state index contributed by atoms with van der Waals surface area (Å²) in [6, 6.07) is 6.21. The Morgan fingerprint density at radius 2 is 2.33 bits per heavy atom. The van der Waals surface area contributed by atoms with Gasteiger partial charge in [-0.05, 0) is 37.5 Å². The smallest absolute Gasteiger partial charge is 0.184 e. The number of benzene rings is 1. The minimum absolute atomic E-state index is 0.307. The van der Waals surface area contributed by atoms with Crippen molar-refractivity contribution in [2.75, 3.05) is 18.2 Å². The van der Waals surface area contributed by atoms with Crippen LogP contribution in [0.25, 0.3) is 10.2 Å². The number of nitrogen functional groups attached to an aromatic ring is 1. The van der Waals surface area contributed by atoms with Gasteiger partial charge in [-0.2, -0.15) is 0 Å². The van der Waals surface area contributed by atoms with Crippen molar-refractivity contribution in [2.24, 2.45) is 0 Å². The van der Waals surface area contributed by atoms with Gasteiger partial charge in [0.25, 0.3) is 0 Å². The SMILES string of the molecule is COC1CCCC1Nc1nc2ccc(N)cc2s1. The molecule has 1 aliphatic carbocycles. The van der Waals surface area contributed by atoms with Gasteiger partial charge in [0.15, 0.2) is 5.13 Å². The van der Waals surface area contributed by atoms with Gasteiger partial charge in [0, 0.05) is 12.8 Å². The van der Waals surface area contributed by atoms with E-state index in [-0.39, 0.29) is 0 Å². The van der Waals surface area contributed by atoms with Gasteiger partial charge in [0.05, 0.1) is 22.4 Å². The monoisotopic (exact) mass is 263 g/mol. The van der Waals surface area contributed by atoms with Crippen molar-refractivity contribution >= 4 is 32.4 Å². The Morgan fingerprint density at radius 3 is 3.17 bits per heavy atom. The van der Waals surface area contributed by atoms with Crippen LogP contribution < -0.4 is 11.1 Å². The molecular weight excluding hydrogens is 246 g/mol. The zero-order valence-electron chi connectivity index (χ0n) is 10.3. The number of ether oxygens (including phenoxy) is 1. The molecule has 3 rings (SSSR count). The van der Waals surface area contributed by atoms with Crippen LogP contribution in [0.2, 0.25) is 0 Å². The third kappa shape index (κ3) is 2.15. The largest absolute Gasteiger partial charge is 0.399 e. The fourth-order valence-corrected chi connectivity index (χ4v) is 3.51. The van der Waals surface area contributed by atoms with Crippen LogP contribution in [-0.2, 0) is 4.74 Å². The quantitative estimate of drug-likeness (QED) is 0.836. The number of methoxy groups -OCH3 is 1. The second kappa shape index (κ2) is 4.74. The topological polar surface area (TPSA) is 60.2 Å². The molecule has 1 aromatic carbocycles. The second-order valence-electron chi connectivity index (χ2n) is 4.70. The van der Waals surface area contributed by atoms with E-state index in [1.807, 2.05) is 18.2 Å². The Morgan fingerprint density at radius 1 is 1.44 bits per heavy atom. The number of aromatic nitrogens is 1. The number of nitrogens with zero attached hydrogens (tertiary/aromatic N) is 1. The summed E-state index contributed by atoms with van der Waals surface area (Å²) in [5.41, 5.74) is 7.57. The Balaban J connectivity index is 1.82. The van der Waals surface area contributed by atoms with E-state index in [9.17, 15) is 0 Å². The molecule has 5 heteroatoms. The van der Waals surface area contributed by atoms with Crippen LogP contribution in [0, 0.1) is 0 Å². The first-order valence-corrected chi connectivity index (χ1v) is 7.03. The average molecular weight is 263 g/mol. The van der Waals surface area contributed by atoms with E-state index >= 15 is 0 Å². The predicted octanol–water partition coefficient (Wildman–Crippen LogP) is 2.86. The van der Waals surface area contributed by atoms with Gasteiger partial charge in [-0.1, -0.05) is 11.3 Å². The normalized spacial score (nSPS) is 23.6. The minimum atomic E-state index is 0.307. The molecule has 2 atom stereocenters. The molecule has 0 radical (unpaired) electrons. The number of hydrogen-bond donors (Lipinski definition) is 2. The lowest BCUT2D eigenvalue weighted by Gasteiger charge is -2.18. The van der Waals surface area contributed by atoms with Crippen LogP contribution in [0.1, 0.15) is 19.3 Å². The van der Waals surface area contributed by atoms with Crippen molar-refractivity contribution in [3.63, 3.8) is 0 Å².